The number of carbonyl (C=O) groups is 1. The predicted molar refractivity (Wildman–Crippen MR) is 55.1 cm³/mol. The standard InChI is InChI=1S/C7H5O2.C4H9NO/c8-7(9)6-4-2-1-3-5-6;1-3-6-4-2-5-1/h1-5H;5H,1-4H2. The van der Waals surface area contributed by atoms with Crippen LogP contribution < -0.4 is 5.32 Å². The summed E-state index contributed by atoms with van der Waals surface area (Å²) in [5.41, 5.74) is 0.220. The molecule has 1 fully saturated rings. The van der Waals surface area contributed by atoms with Gasteiger partial charge in [-0.25, -0.2) is 9.90 Å². The van der Waals surface area contributed by atoms with Crippen molar-refractivity contribution in [1.29, 1.82) is 0 Å². The van der Waals surface area contributed by atoms with Crippen LogP contribution in [0.15, 0.2) is 30.3 Å². The van der Waals surface area contributed by atoms with Gasteiger partial charge in [0.2, 0.25) is 0 Å². The molecule has 1 aromatic carbocycles. The van der Waals surface area contributed by atoms with Crippen molar-refractivity contribution in [2.45, 2.75) is 0 Å². The Balaban J connectivity index is 0.000000162. The molecule has 0 spiro atoms. The van der Waals surface area contributed by atoms with Gasteiger partial charge in [0.05, 0.1) is 18.8 Å². The van der Waals surface area contributed by atoms with Crippen LogP contribution >= 0.6 is 0 Å². The number of hydrogen-bond donors (Lipinski definition) is 1. The lowest BCUT2D eigenvalue weighted by Gasteiger charge is -2.10. The molecule has 1 radical (unpaired) electrons. The summed E-state index contributed by atoms with van der Waals surface area (Å²) >= 11 is 0. The molecule has 2 rings (SSSR count). The van der Waals surface area contributed by atoms with Crippen LogP contribution in [-0.2, 0) is 9.84 Å². The molecule has 1 aliphatic rings. The van der Waals surface area contributed by atoms with Gasteiger partial charge in [0.25, 0.3) is 0 Å². The Hall–Kier alpha value is -1.39. The second kappa shape index (κ2) is 6.98. The third kappa shape index (κ3) is 5.15. The molecule has 0 unspecified atom stereocenters. The van der Waals surface area contributed by atoms with Gasteiger partial charge in [-0.2, -0.15) is 0 Å². The van der Waals surface area contributed by atoms with E-state index in [4.69, 9.17) is 4.74 Å². The summed E-state index contributed by atoms with van der Waals surface area (Å²) in [4.78, 5) is 10.1. The minimum Gasteiger partial charge on any atom is -0.379 e. The van der Waals surface area contributed by atoms with Crippen molar-refractivity contribution in [1.82, 2.24) is 5.32 Å². The van der Waals surface area contributed by atoms with E-state index in [1.54, 1.807) is 18.2 Å². The average Bonchev–Trinajstić information content (AvgIpc) is 2.33. The van der Waals surface area contributed by atoms with Gasteiger partial charge in [0.15, 0.2) is 0 Å². The Morgan fingerprint density at radius 1 is 1.13 bits per heavy atom. The van der Waals surface area contributed by atoms with Crippen LogP contribution in [0.25, 0.3) is 0 Å². The summed E-state index contributed by atoms with van der Waals surface area (Å²) in [5.74, 6) is -1.13. The molecule has 0 aromatic heterocycles. The largest absolute Gasteiger partial charge is 0.386 e. The summed E-state index contributed by atoms with van der Waals surface area (Å²) in [6, 6.07) is 8.06. The molecule has 1 heterocycles. The molecule has 15 heavy (non-hydrogen) atoms. The van der Waals surface area contributed by atoms with Gasteiger partial charge in [0.1, 0.15) is 0 Å². The molecule has 1 aliphatic heterocycles. The highest BCUT2D eigenvalue weighted by atomic mass is 16.5. The Labute approximate surface area is 88.9 Å². The van der Waals surface area contributed by atoms with Gasteiger partial charge in [-0.3, -0.25) is 0 Å². The summed E-state index contributed by atoms with van der Waals surface area (Å²) in [6.07, 6.45) is 0. The van der Waals surface area contributed by atoms with Crippen molar-refractivity contribution in [2.24, 2.45) is 0 Å². The Bertz CT molecular complexity index is 272. The zero-order valence-electron chi connectivity index (χ0n) is 8.44. The van der Waals surface area contributed by atoms with E-state index in [2.05, 4.69) is 5.32 Å². The zero-order valence-corrected chi connectivity index (χ0v) is 8.44. The molecular weight excluding hydrogens is 194 g/mol. The van der Waals surface area contributed by atoms with Crippen molar-refractivity contribution in [2.75, 3.05) is 26.3 Å². The fraction of sp³-hybridized carbons (Fsp3) is 0.364. The van der Waals surface area contributed by atoms with E-state index in [9.17, 15) is 9.90 Å². The second-order valence-corrected chi connectivity index (χ2v) is 3.02. The van der Waals surface area contributed by atoms with Gasteiger partial charge in [-0.1, -0.05) is 18.2 Å². The highest BCUT2D eigenvalue weighted by Gasteiger charge is 1.99. The van der Waals surface area contributed by atoms with Crippen LogP contribution in [0.3, 0.4) is 0 Å². The maximum absolute atomic E-state index is 10.1. The van der Waals surface area contributed by atoms with E-state index in [-0.39, 0.29) is 5.56 Å². The third-order valence-corrected chi connectivity index (χ3v) is 1.86. The summed E-state index contributed by atoms with van der Waals surface area (Å²) < 4.78 is 5.01. The van der Waals surface area contributed by atoms with E-state index in [0.29, 0.717) is 0 Å². The zero-order chi connectivity index (χ0) is 10.9. The highest BCUT2D eigenvalue weighted by molar-refractivity contribution is 5.86. The van der Waals surface area contributed by atoms with E-state index in [0.717, 1.165) is 26.3 Å². The first-order valence-corrected chi connectivity index (χ1v) is 4.85. The summed E-state index contributed by atoms with van der Waals surface area (Å²) in [5, 5.41) is 13.2. The lowest BCUT2D eigenvalue weighted by Crippen LogP contribution is -2.30. The maximum Gasteiger partial charge on any atom is 0.386 e. The van der Waals surface area contributed by atoms with E-state index >= 15 is 0 Å². The molecule has 1 N–H and O–H groups in total. The van der Waals surface area contributed by atoms with Crippen LogP contribution in [0.2, 0.25) is 0 Å². The first-order chi connectivity index (χ1) is 7.30. The molecule has 0 aliphatic carbocycles. The highest BCUT2D eigenvalue weighted by Crippen LogP contribution is 1.96. The normalized spacial score (nSPS) is 14.9. The quantitative estimate of drug-likeness (QED) is 0.744. The van der Waals surface area contributed by atoms with Crippen LogP contribution in [-0.4, -0.2) is 32.3 Å². The van der Waals surface area contributed by atoms with Crippen molar-refractivity contribution in [3.63, 3.8) is 0 Å². The number of rotatable bonds is 1. The van der Waals surface area contributed by atoms with Crippen molar-refractivity contribution in [3.05, 3.63) is 35.9 Å². The van der Waals surface area contributed by atoms with E-state index < -0.39 is 5.97 Å². The molecule has 0 amide bonds. The molecule has 4 heteroatoms. The van der Waals surface area contributed by atoms with Crippen LogP contribution in [0.4, 0.5) is 0 Å². The molecule has 4 nitrogen and oxygen atoms in total. The molecule has 0 saturated carbocycles. The minimum atomic E-state index is -1.13. The number of carbonyl (C=O) groups excluding carboxylic acids is 1. The van der Waals surface area contributed by atoms with Crippen LogP contribution in [0, 0.1) is 0 Å². The number of ether oxygens (including phenoxy) is 1. The Kier molecular flexibility index (Phi) is 5.43. The number of hydrogen-bond acceptors (Lipinski definition) is 3. The molecule has 81 valence electrons. The minimum absolute atomic E-state index is 0.220. The number of benzene rings is 1. The van der Waals surface area contributed by atoms with E-state index in [1.807, 2.05) is 0 Å². The lowest BCUT2D eigenvalue weighted by molar-refractivity contribution is 0.0573. The monoisotopic (exact) mass is 208 g/mol. The number of nitrogens with one attached hydrogen (secondary N) is 1. The summed E-state index contributed by atoms with van der Waals surface area (Å²) in [7, 11) is 0. The number of morpholine rings is 1. The molecule has 0 bridgehead atoms. The van der Waals surface area contributed by atoms with Gasteiger partial charge >= 0.3 is 5.97 Å². The molecule has 1 saturated heterocycles. The molecular formula is C11H14NO3. The van der Waals surface area contributed by atoms with Gasteiger partial charge < -0.3 is 10.1 Å². The smallest absolute Gasteiger partial charge is 0.379 e. The van der Waals surface area contributed by atoms with E-state index in [1.165, 1.54) is 12.1 Å². The average molecular weight is 208 g/mol. The van der Waals surface area contributed by atoms with Crippen molar-refractivity contribution >= 4 is 5.97 Å². The lowest BCUT2D eigenvalue weighted by atomic mass is 10.2. The third-order valence-electron chi connectivity index (χ3n) is 1.86. The van der Waals surface area contributed by atoms with Crippen molar-refractivity contribution in [3.8, 4) is 0 Å². The van der Waals surface area contributed by atoms with Crippen LogP contribution in [0.1, 0.15) is 10.4 Å². The SMILES string of the molecule is C1COCCN1.[O]C(=O)c1ccccc1. The van der Waals surface area contributed by atoms with Gasteiger partial charge in [-0.15, -0.1) is 0 Å². The Morgan fingerprint density at radius 2 is 1.73 bits per heavy atom. The fourth-order valence-electron chi connectivity index (χ4n) is 1.09. The summed E-state index contributed by atoms with van der Waals surface area (Å²) in [6.45, 7) is 3.83. The van der Waals surface area contributed by atoms with Gasteiger partial charge in [0, 0.05) is 13.1 Å². The van der Waals surface area contributed by atoms with Gasteiger partial charge in [-0.05, 0) is 12.1 Å². The van der Waals surface area contributed by atoms with Crippen molar-refractivity contribution < 1.29 is 14.6 Å². The first-order valence-electron chi connectivity index (χ1n) is 4.85. The van der Waals surface area contributed by atoms with Crippen LogP contribution in [0.5, 0.6) is 0 Å². The molecule has 1 aromatic rings. The first kappa shape index (κ1) is 11.7. The second-order valence-electron chi connectivity index (χ2n) is 3.02. The fourth-order valence-corrected chi connectivity index (χ4v) is 1.09. The molecule has 0 atom stereocenters. The predicted octanol–water partition coefficient (Wildman–Crippen LogP) is 0.863. The maximum atomic E-state index is 10.1. The topological polar surface area (TPSA) is 58.2 Å². The Morgan fingerprint density at radius 3 is 2.00 bits per heavy atom.